The number of rotatable bonds is 2. The topological polar surface area (TPSA) is 64.9 Å². The van der Waals surface area contributed by atoms with Crippen LogP contribution in [0.5, 0.6) is 0 Å². The third-order valence-corrected chi connectivity index (χ3v) is 3.44. The first-order chi connectivity index (χ1) is 9.63. The van der Waals surface area contributed by atoms with E-state index in [1.165, 1.54) is 0 Å². The fourth-order valence-corrected chi connectivity index (χ4v) is 2.52. The van der Waals surface area contributed by atoms with Gasteiger partial charge in [-0.15, -0.1) is 0 Å². The highest BCUT2D eigenvalue weighted by molar-refractivity contribution is 9.10. The summed E-state index contributed by atoms with van der Waals surface area (Å²) in [7, 11) is 0. The maximum Gasteiger partial charge on any atom is 0.258 e. The number of aromatic nitrogens is 2. The van der Waals surface area contributed by atoms with Crippen molar-refractivity contribution in [3.05, 3.63) is 52.5 Å². The zero-order valence-electron chi connectivity index (χ0n) is 10.8. The molecule has 0 aliphatic heterocycles. The van der Waals surface area contributed by atoms with Crippen molar-refractivity contribution in [2.24, 2.45) is 0 Å². The lowest BCUT2D eigenvalue weighted by Crippen LogP contribution is -1.87. The number of nitrogen functional groups attached to an aromatic ring is 1. The van der Waals surface area contributed by atoms with Crippen LogP contribution in [0.4, 0.5) is 5.69 Å². The fourth-order valence-electron chi connectivity index (χ4n) is 2.01. The standard InChI is InChI=1S/C15H12BrN3O/c1-9-4-2-3-5-13(9)14-18-15(20-19-14)10-6-11(16)8-12(17)7-10/h2-8H,17H2,1H3. The minimum absolute atomic E-state index is 0.455. The molecule has 0 aliphatic carbocycles. The van der Waals surface area contributed by atoms with Gasteiger partial charge >= 0.3 is 0 Å². The first kappa shape index (κ1) is 12.9. The van der Waals surface area contributed by atoms with Gasteiger partial charge in [0.1, 0.15) is 0 Å². The Labute approximate surface area is 124 Å². The monoisotopic (exact) mass is 329 g/mol. The molecule has 0 atom stereocenters. The quantitative estimate of drug-likeness (QED) is 0.720. The second kappa shape index (κ2) is 5.09. The minimum atomic E-state index is 0.455. The van der Waals surface area contributed by atoms with Crippen LogP contribution in [0.1, 0.15) is 5.56 Å². The van der Waals surface area contributed by atoms with Crippen molar-refractivity contribution in [1.29, 1.82) is 0 Å². The van der Waals surface area contributed by atoms with Crippen molar-refractivity contribution in [3.8, 4) is 22.8 Å². The van der Waals surface area contributed by atoms with Gasteiger partial charge in [-0.3, -0.25) is 0 Å². The Kier molecular flexibility index (Phi) is 3.28. The Morgan fingerprint density at radius 2 is 1.95 bits per heavy atom. The molecule has 1 heterocycles. The summed E-state index contributed by atoms with van der Waals surface area (Å²) in [4.78, 5) is 4.44. The molecule has 0 aliphatic rings. The molecule has 20 heavy (non-hydrogen) atoms. The van der Waals surface area contributed by atoms with Gasteiger partial charge in [0.25, 0.3) is 5.89 Å². The summed E-state index contributed by atoms with van der Waals surface area (Å²) in [5, 5.41) is 4.04. The van der Waals surface area contributed by atoms with Gasteiger partial charge in [0.15, 0.2) is 0 Å². The van der Waals surface area contributed by atoms with Gasteiger partial charge in [-0.05, 0) is 30.7 Å². The van der Waals surface area contributed by atoms with E-state index in [1.54, 1.807) is 6.07 Å². The second-order valence-corrected chi connectivity index (χ2v) is 5.43. The van der Waals surface area contributed by atoms with Gasteiger partial charge < -0.3 is 10.3 Å². The Bertz CT molecular complexity index is 747. The summed E-state index contributed by atoms with van der Waals surface area (Å²) in [5.41, 5.74) is 9.33. The molecule has 0 saturated heterocycles. The van der Waals surface area contributed by atoms with E-state index in [9.17, 15) is 0 Å². The summed E-state index contributed by atoms with van der Waals surface area (Å²) < 4.78 is 6.21. The van der Waals surface area contributed by atoms with E-state index >= 15 is 0 Å². The van der Waals surface area contributed by atoms with Crippen LogP contribution in [0.2, 0.25) is 0 Å². The molecule has 100 valence electrons. The third-order valence-electron chi connectivity index (χ3n) is 2.98. The highest BCUT2D eigenvalue weighted by Gasteiger charge is 2.12. The van der Waals surface area contributed by atoms with Crippen LogP contribution in [0.3, 0.4) is 0 Å². The normalized spacial score (nSPS) is 10.7. The van der Waals surface area contributed by atoms with Gasteiger partial charge in [0, 0.05) is 21.3 Å². The van der Waals surface area contributed by atoms with Crippen LogP contribution in [-0.4, -0.2) is 10.1 Å². The van der Waals surface area contributed by atoms with Crippen LogP contribution < -0.4 is 5.73 Å². The highest BCUT2D eigenvalue weighted by atomic mass is 79.9. The van der Waals surface area contributed by atoms with Crippen LogP contribution in [0.15, 0.2) is 51.5 Å². The molecule has 0 unspecified atom stereocenters. The van der Waals surface area contributed by atoms with Crippen LogP contribution >= 0.6 is 15.9 Å². The largest absolute Gasteiger partial charge is 0.399 e. The lowest BCUT2D eigenvalue weighted by molar-refractivity contribution is 0.432. The SMILES string of the molecule is Cc1ccccc1-c1noc(-c2cc(N)cc(Br)c2)n1. The molecule has 2 N–H and O–H groups in total. The molecule has 3 aromatic rings. The number of anilines is 1. The lowest BCUT2D eigenvalue weighted by Gasteiger charge is -1.99. The van der Waals surface area contributed by atoms with E-state index in [-0.39, 0.29) is 0 Å². The first-order valence-electron chi connectivity index (χ1n) is 6.09. The molecule has 2 aromatic carbocycles. The fraction of sp³-hybridized carbons (Fsp3) is 0.0667. The number of nitrogens with zero attached hydrogens (tertiary/aromatic N) is 2. The molecule has 5 heteroatoms. The zero-order valence-corrected chi connectivity index (χ0v) is 12.4. The molecule has 0 radical (unpaired) electrons. The number of hydrogen-bond acceptors (Lipinski definition) is 4. The number of hydrogen-bond donors (Lipinski definition) is 1. The van der Waals surface area contributed by atoms with Gasteiger partial charge in [0.05, 0.1) is 0 Å². The van der Waals surface area contributed by atoms with E-state index in [1.807, 2.05) is 43.3 Å². The van der Waals surface area contributed by atoms with Crippen molar-refractivity contribution in [1.82, 2.24) is 10.1 Å². The van der Waals surface area contributed by atoms with Gasteiger partial charge in [-0.1, -0.05) is 45.4 Å². The van der Waals surface area contributed by atoms with E-state index in [0.717, 1.165) is 21.2 Å². The molecule has 0 bridgehead atoms. The first-order valence-corrected chi connectivity index (χ1v) is 6.89. The van der Waals surface area contributed by atoms with Crippen molar-refractivity contribution < 1.29 is 4.52 Å². The van der Waals surface area contributed by atoms with Crippen LogP contribution in [0, 0.1) is 6.92 Å². The predicted octanol–water partition coefficient (Wildman–Crippen LogP) is 4.06. The maximum absolute atomic E-state index is 5.82. The molecular weight excluding hydrogens is 318 g/mol. The Hall–Kier alpha value is -2.14. The molecule has 1 aromatic heterocycles. The number of benzene rings is 2. The molecule has 4 nitrogen and oxygen atoms in total. The van der Waals surface area contributed by atoms with Crippen molar-refractivity contribution in [2.45, 2.75) is 6.92 Å². The van der Waals surface area contributed by atoms with Gasteiger partial charge in [0.2, 0.25) is 5.82 Å². The van der Waals surface area contributed by atoms with E-state index in [4.69, 9.17) is 10.3 Å². The Morgan fingerprint density at radius 3 is 2.70 bits per heavy atom. The molecular formula is C15H12BrN3O. The van der Waals surface area contributed by atoms with Gasteiger partial charge in [-0.25, -0.2) is 0 Å². The Morgan fingerprint density at radius 1 is 1.15 bits per heavy atom. The van der Waals surface area contributed by atoms with Crippen molar-refractivity contribution in [2.75, 3.05) is 5.73 Å². The number of halogens is 1. The van der Waals surface area contributed by atoms with Crippen LogP contribution in [0.25, 0.3) is 22.8 Å². The smallest absolute Gasteiger partial charge is 0.258 e. The third kappa shape index (κ3) is 2.44. The zero-order chi connectivity index (χ0) is 14.1. The average molecular weight is 330 g/mol. The highest BCUT2D eigenvalue weighted by Crippen LogP contribution is 2.27. The summed E-state index contributed by atoms with van der Waals surface area (Å²) in [5.74, 6) is 1.04. The number of aryl methyl sites for hydroxylation is 1. The minimum Gasteiger partial charge on any atom is -0.399 e. The van der Waals surface area contributed by atoms with Crippen molar-refractivity contribution >= 4 is 21.6 Å². The average Bonchev–Trinajstić information content (AvgIpc) is 2.87. The van der Waals surface area contributed by atoms with E-state index in [2.05, 4.69) is 26.1 Å². The molecule has 0 spiro atoms. The number of nitrogens with two attached hydrogens (primary N) is 1. The summed E-state index contributed by atoms with van der Waals surface area (Å²) in [6.45, 7) is 2.02. The molecule has 3 rings (SSSR count). The van der Waals surface area contributed by atoms with Crippen molar-refractivity contribution in [3.63, 3.8) is 0 Å². The second-order valence-electron chi connectivity index (χ2n) is 4.51. The Balaban J connectivity index is 2.04. The molecule has 0 fully saturated rings. The van der Waals surface area contributed by atoms with Crippen LogP contribution in [-0.2, 0) is 0 Å². The van der Waals surface area contributed by atoms with E-state index < -0.39 is 0 Å². The molecule has 0 saturated carbocycles. The predicted molar refractivity (Wildman–Crippen MR) is 82.0 cm³/mol. The maximum atomic E-state index is 5.82. The summed E-state index contributed by atoms with van der Waals surface area (Å²) >= 11 is 3.40. The summed E-state index contributed by atoms with van der Waals surface area (Å²) in [6.07, 6.45) is 0. The lowest BCUT2D eigenvalue weighted by atomic mass is 10.1. The van der Waals surface area contributed by atoms with E-state index in [0.29, 0.717) is 17.4 Å². The van der Waals surface area contributed by atoms with Gasteiger partial charge in [-0.2, -0.15) is 4.98 Å². The molecule has 0 amide bonds. The summed E-state index contributed by atoms with van der Waals surface area (Å²) in [6, 6.07) is 13.4.